The van der Waals surface area contributed by atoms with Crippen molar-refractivity contribution in [1.82, 2.24) is 0 Å². The van der Waals surface area contributed by atoms with E-state index >= 15 is 0 Å². The van der Waals surface area contributed by atoms with Crippen LogP contribution in [-0.4, -0.2) is 23.0 Å². The quantitative estimate of drug-likeness (QED) is 0.602. The van der Waals surface area contributed by atoms with Crippen molar-refractivity contribution < 1.29 is 14.5 Å². The van der Waals surface area contributed by atoms with Gasteiger partial charge in [0.2, 0.25) is 5.91 Å². The SMILES string of the molecule is CCOc1cccc(NC(C)(C)C(N)=O)c1[N+](=O)[O-]. The van der Waals surface area contributed by atoms with Gasteiger partial charge in [0, 0.05) is 0 Å². The summed E-state index contributed by atoms with van der Waals surface area (Å²) in [5, 5.41) is 13.9. The second kappa shape index (κ2) is 5.55. The zero-order valence-corrected chi connectivity index (χ0v) is 11.1. The molecule has 0 heterocycles. The number of nitro benzene ring substituents is 1. The molecule has 3 N–H and O–H groups in total. The minimum atomic E-state index is -1.10. The largest absolute Gasteiger partial charge is 0.487 e. The van der Waals surface area contributed by atoms with Gasteiger partial charge in [-0.3, -0.25) is 14.9 Å². The summed E-state index contributed by atoms with van der Waals surface area (Å²) in [5.41, 5.74) is 4.12. The molecule has 19 heavy (non-hydrogen) atoms. The Morgan fingerprint density at radius 2 is 2.16 bits per heavy atom. The van der Waals surface area contributed by atoms with E-state index in [2.05, 4.69) is 5.32 Å². The second-order valence-corrected chi connectivity index (χ2v) is 4.46. The van der Waals surface area contributed by atoms with Gasteiger partial charge >= 0.3 is 5.69 Å². The summed E-state index contributed by atoms with van der Waals surface area (Å²) < 4.78 is 5.22. The van der Waals surface area contributed by atoms with Crippen molar-refractivity contribution in [3.8, 4) is 5.75 Å². The highest BCUT2D eigenvalue weighted by molar-refractivity contribution is 5.88. The predicted octanol–water partition coefficient (Wildman–Crippen LogP) is 1.67. The Balaban J connectivity index is 3.24. The Kier molecular flexibility index (Phi) is 4.31. The van der Waals surface area contributed by atoms with E-state index in [1.807, 2.05) is 0 Å². The lowest BCUT2D eigenvalue weighted by molar-refractivity contribution is -0.385. The molecule has 1 rings (SSSR count). The number of hydrogen-bond acceptors (Lipinski definition) is 5. The van der Waals surface area contributed by atoms with Gasteiger partial charge in [0.1, 0.15) is 11.2 Å². The summed E-state index contributed by atoms with van der Waals surface area (Å²) in [4.78, 5) is 21.9. The van der Waals surface area contributed by atoms with Gasteiger partial charge in [-0.1, -0.05) is 6.07 Å². The average Bonchev–Trinajstić information content (AvgIpc) is 2.28. The van der Waals surface area contributed by atoms with E-state index < -0.39 is 16.4 Å². The third-order valence-electron chi connectivity index (χ3n) is 2.54. The van der Waals surface area contributed by atoms with Crippen molar-refractivity contribution in [2.45, 2.75) is 26.3 Å². The first-order valence-electron chi connectivity index (χ1n) is 5.78. The normalized spacial score (nSPS) is 10.9. The standard InChI is InChI=1S/C12H17N3O4/c1-4-19-9-7-5-6-8(10(9)15(17)18)14-12(2,3)11(13)16/h5-7,14H,4H2,1-3H3,(H2,13,16). The third-order valence-corrected chi connectivity index (χ3v) is 2.54. The number of rotatable bonds is 6. The molecule has 0 bridgehead atoms. The van der Waals surface area contributed by atoms with Gasteiger partial charge in [0.15, 0.2) is 5.75 Å². The average molecular weight is 267 g/mol. The van der Waals surface area contributed by atoms with E-state index in [1.54, 1.807) is 26.8 Å². The zero-order chi connectivity index (χ0) is 14.6. The van der Waals surface area contributed by atoms with Crippen molar-refractivity contribution in [2.75, 3.05) is 11.9 Å². The lowest BCUT2D eigenvalue weighted by Crippen LogP contribution is -2.45. The highest BCUT2D eigenvalue weighted by Crippen LogP contribution is 2.36. The van der Waals surface area contributed by atoms with Crippen LogP contribution in [0.15, 0.2) is 18.2 Å². The van der Waals surface area contributed by atoms with E-state index in [0.717, 1.165) is 0 Å². The molecule has 0 aliphatic heterocycles. The fourth-order valence-corrected chi connectivity index (χ4v) is 1.48. The van der Waals surface area contributed by atoms with E-state index in [-0.39, 0.29) is 17.1 Å². The molecule has 0 aliphatic rings. The molecular weight excluding hydrogens is 250 g/mol. The van der Waals surface area contributed by atoms with Gasteiger partial charge in [-0.05, 0) is 32.9 Å². The molecule has 1 aromatic rings. The molecule has 0 unspecified atom stereocenters. The maximum absolute atomic E-state index is 11.3. The van der Waals surface area contributed by atoms with E-state index in [4.69, 9.17) is 10.5 Å². The summed E-state index contributed by atoms with van der Waals surface area (Å²) >= 11 is 0. The number of nitro groups is 1. The summed E-state index contributed by atoms with van der Waals surface area (Å²) in [5.74, 6) is -0.457. The van der Waals surface area contributed by atoms with Crippen molar-refractivity contribution in [2.24, 2.45) is 5.73 Å². The fraction of sp³-hybridized carbons (Fsp3) is 0.417. The molecule has 0 aliphatic carbocycles. The van der Waals surface area contributed by atoms with Gasteiger partial charge in [-0.25, -0.2) is 0 Å². The first kappa shape index (κ1) is 14.7. The van der Waals surface area contributed by atoms with Crippen LogP contribution in [0.4, 0.5) is 11.4 Å². The Hall–Kier alpha value is -2.31. The zero-order valence-electron chi connectivity index (χ0n) is 11.1. The number of amides is 1. The number of para-hydroxylation sites is 1. The van der Waals surface area contributed by atoms with Gasteiger partial charge in [-0.2, -0.15) is 0 Å². The molecule has 1 amide bonds. The van der Waals surface area contributed by atoms with Crippen molar-refractivity contribution in [3.05, 3.63) is 28.3 Å². The van der Waals surface area contributed by atoms with Crippen LogP contribution in [-0.2, 0) is 4.79 Å². The lowest BCUT2D eigenvalue weighted by Gasteiger charge is -2.23. The maximum Gasteiger partial charge on any atom is 0.333 e. The first-order chi connectivity index (χ1) is 8.79. The van der Waals surface area contributed by atoms with E-state index in [1.165, 1.54) is 12.1 Å². The van der Waals surface area contributed by atoms with Crippen LogP contribution in [0.25, 0.3) is 0 Å². The number of benzene rings is 1. The number of nitrogens with two attached hydrogens (primary N) is 1. The third kappa shape index (κ3) is 3.34. The highest BCUT2D eigenvalue weighted by Gasteiger charge is 2.29. The number of nitrogens with zero attached hydrogens (tertiary/aromatic N) is 1. The maximum atomic E-state index is 11.3. The number of nitrogens with one attached hydrogen (secondary N) is 1. The molecule has 7 heteroatoms. The number of hydrogen-bond donors (Lipinski definition) is 2. The highest BCUT2D eigenvalue weighted by atomic mass is 16.6. The molecule has 0 fully saturated rings. The lowest BCUT2D eigenvalue weighted by atomic mass is 10.0. The molecule has 0 saturated heterocycles. The van der Waals surface area contributed by atoms with Crippen LogP contribution < -0.4 is 15.8 Å². The van der Waals surface area contributed by atoms with Gasteiger partial charge in [-0.15, -0.1) is 0 Å². The first-order valence-corrected chi connectivity index (χ1v) is 5.78. The molecule has 1 aromatic carbocycles. The van der Waals surface area contributed by atoms with Crippen LogP contribution in [0.2, 0.25) is 0 Å². The monoisotopic (exact) mass is 267 g/mol. The molecule has 0 saturated carbocycles. The molecule has 0 atom stereocenters. The van der Waals surface area contributed by atoms with Gasteiger partial charge in [0.05, 0.1) is 11.5 Å². The summed E-state index contributed by atoms with van der Waals surface area (Å²) in [6.07, 6.45) is 0. The van der Waals surface area contributed by atoms with Crippen LogP contribution in [0.5, 0.6) is 5.75 Å². The smallest absolute Gasteiger partial charge is 0.333 e. The van der Waals surface area contributed by atoms with Crippen molar-refractivity contribution >= 4 is 17.3 Å². The van der Waals surface area contributed by atoms with Crippen LogP contribution >= 0.6 is 0 Å². The minimum absolute atomic E-state index is 0.151. The number of ether oxygens (including phenoxy) is 1. The predicted molar refractivity (Wildman–Crippen MR) is 71.2 cm³/mol. The van der Waals surface area contributed by atoms with Crippen molar-refractivity contribution in [3.63, 3.8) is 0 Å². The topological polar surface area (TPSA) is 107 Å². The number of carbonyl (C=O) groups is 1. The van der Waals surface area contributed by atoms with Crippen molar-refractivity contribution in [1.29, 1.82) is 0 Å². The Labute approximate surface area is 110 Å². The molecule has 0 aromatic heterocycles. The molecule has 0 spiro atoms. The Morgan fingerprint density at radius 1 is 1.53 bits per heavy atom. The molecule has 7 nitrogen and oxygen atoms in total. The van der Waals surface area contributed by atoms with Gasteiger partial charge in [0.25, 0.3) is 0 Å². The Bertz CT molecular complexity index is 500. The second-order valence-electron chi connectivity index (χ2n) is 4.46. The minimum Gasteiger partial charge on any atom is -0.487 e. The molecule has 104 valence electrons. The van der Waals surface area contributed by atoms with Crippen LogP contribution in [0.1, 0.15) is 20.8 Å². The van der Waals surface area contributed by atoms with Crippen LogP contribution in [0.3, 0.4) is 0 Å². The summed E-state index contributed by atoms with van der Waals surface area (Å²) in [7, 11) is 0. The number of primary amides is 1. The summed E-state index contributed by atoms with van der Waals surface area (Å²) in [6.45, 7) is 5.14. The van der Waals surface area contributed by atoms with Crippen LogP contribution in [0, 0.1) is 10.1 Å². The fourth-order valence-electron chi connectivity index (χ4n) is 1.48. The molecule has 0 radical (unpaired) electrons. The molecular formula is C12H17N3O4. The van der Waals surface area contributed by atoms with E-state index in [9.17, 15) is 14.9 Å². The van der Waals surface area contributed by atoms with E-state index in [0.29, 0.717) is 6.61 Å². The van der Waals surface area contributed by atoms with Gasteiger partial charge < -0.3 is 15.8 Å². The Morgan fingerprint density at radius 3 is 2.63 bits per heavy atom. The number of anilines is 1. The summed E-state index contributed by atoms with van der Waals surface area (Å²) in [6, 6.07) is 4.62. The number of carbonyl (C=O) groups excluding carboxylic acids is 1.